The third kappa shape index (κ3) is 3.95. The lowest BCUT2D eigenvalue weighted by molar-refractivity contribution is 0.0981. The van der Waals surface area contributed by atoms with E-state index in [0.29, 0.717) is 13.0 Å². The zero-order chi connectivity index (χ0) is 14.4. The fraction of sp³-hybridized carbons (Fsp3) is 0.278. The normalized spacial score (nSPS) is 10.3. The molecule has 0 heterocycles. The van der Waals surface area contributed by atoms with Gasteiger partial charge in [0.2, 0.25) is 0 Å². The molecule has 0 spiro atoms. The average Bonchev–Trinajstić information content (AvgIpc) is 2.46. The molecule has 104 valence electrons. The van der Waals surface area contributed by atoms with Gasteiger partial charge in [-0.25, -0.2) is 0 Å². The van der Waals surface area contributed by atoms with Gasteiger partial charge < -0.3 is 4.74 Å². The summed E-state index contributed by atoms with van der Waals surface area (Å²) >= 11 is 0. The van der Waals surface area contributed by atoms with E-state index in [1.807, 2.05) is 43.3 Å². The first-order valence-electron chi connectivity index (χ1n) is 7.00. The highest BCUT2D eigenvalue weighted by atomic mass is 16.5. The van der Waals surface area contributed by atoms with Crippen LogP contribution in [0.15, 0.2) is 48.5 Å². The highest BCUT2D eigenvalue weighted by Gasteiger charge is 2.04. The van der Waals surface area contributed by atoms with Crippen molar-refractivity contribution in [3.63, 3.8) is 0 Å². The van der Waals surface area contributed by atoms with Gasteiger partial charge in [0, 0.05) is 12.0 Å². The SMILES string of the molecule is CCCC(=O)c1ccc(OCc2cccc(C)c2)cc1. The first-order valence-corrected chi connectivity index (χ1v) is 7.00. The molecule has 0 saturated heterocycles. The summed E-state index contributed by atoms with van der Waals surface area (Å²) in [5, 5.41) is 0. The second kappa shape index (κ2) is 6.90. The van der Waals surface area contributed by atoms with Gasteiger partial charge in [0.1, 0.15) is 12.4 Å². The summed E-state index contributed by atoms with van der Waals surface area (Å²) in [4.78, 5) is 11.7. The molecular weight excluding hydrogens is 248 g/mol. The minimum atomic E-state index is 0.192. The van der Waals surface area contributed by atoms with Crippen LogP contribution in [0.2, 0.25) is 0 Å². The number of rotatable bonds is 6. The van der Waals surface area contributed by atoms with Gasteiger partial charge in [-0.15, -0.1) is 0 Å². The van der Waals surface area contributed by atoms with Gasteiger partial charge >= 0.3 is 0 Å². The molecule has 0 fully saturated rings. The van der Waals surface area contributed by atoms with Crippen molar-refractivity contribution in [1.82, 2.24) is 0 Å². The van der Waals surface area contributed by atoms with Crippen LogP contribution in [0.1, 0.15) is 41.3 Å². The predicted octanol–water partition coefficient (Wildman–Crippen LogP) is 4.56. The molecule has 0 amide bonds. The van der Waals surface area contributed by atoms with E-state index in [-0.39, 0.29) is 5.78 Å². The summed E-state index contributed by atoms with van der Waals surface area (Å²) in [5.74, 6) is 0.984. The van der Waals surface area contributed by atoms with Crippen molar-refractivity contribution in [2.24, 2.45) is 0 Å². The molecule has 0 bridgehead atoms. The largest absolute Gasteiger partial charge is 0.489 e. The Morgan fingerprint density at radius 1 is 1.10 bits per heavy atom. The fourth-order valence-electron chi connectivity index (χ4n) is 2.08. The molecular formula is C18H20O2. The van der Waals surface area contributed by atoms with Crippen molar-refractivity contribution in [2.45, 2.75) is 33.3 Å². The fourth-order valence-corrected chi connectivity index (χ4v) is 2.08. The number of carbonyl (C=O) groups is 1. The van der Waals surface area contributed by atoms with Crippen molar-refractivity contribution in [2.75, 3.05) is 0 Å². The monoisotopic (exact) mass is 268 g/mol. The lowest BCUT2D eigenvalue weighted by Crippen LogP contribution is -1.99. The maximum Gasteiger partial charge on any atom is 0.162 e. The van der Waals surface area contributed by atoms with E-state index in [4.69, 9.17) is 4.74 Å². The molecule has 0 atom stereocenters. The van der Waals surface area contributed by atoms with Crippen LogP contribution in [-0.4, -0.2) is 5.78 Å². The van der Waals surface area contributed by atoms with Crippen LogP contribution in [0, 0.1) is 6.92 Å². The molecule has 2 aromatic rings. The number of carbonyl (C=O) groups excluding carboxylic acids is 1. The Kier molecular flexibility index (Phi) is 4.94. The van der Waals surface area contributed by atoms with E-state index in [1.165, 1.54) is 5.56 Å². The number of ketones is 1. The van der Waals surface area contributed by atoms with Crippen LogP contribution in [0.3, 0.4) is 0 Å². The topological polar surface area (TPSA) is 26.3 Å². The van der Waals surface area contributed by atoms with E-state index >= 15 is 0 Å². The maximum atomic E-state index is 11.7. The van der Waals surface area contributed by atoms with E-state index < -0.39 is 0 Å². The van der Waals surface area contributed by atoms with Crippen LogP contribution >= 0.6 is 0 Å². The predicted molar refractivity (Wildman–Crippen MR) is 81.2 cm³/mol. The summed E-state index contributed by atoms with van der Waals surface area (Å²) in [5.41, 5.74) is 3.14. The molecule has 0 radical (unpaired) electrons. The molecule has 0 aliphatic carbocycles. The van der Waals surface area contributed by atoms with Crippen LogP contribution in [0.25, 0.3) is 0 Å². The second-order valence-corrected chi connectivity index (χ2v) is 4.98. The van der Waals surface area contributed by atoms with Gasteiger partial charge in [-0.3, -0.25) is 4.79 Å². The Balaban J connectivity index is 1.95. The maximum absolute atomic E-state index is 11.7. The minimum Gasteiger partial charge on any atom is -0.489 e. The Labute approximate surface area is 120 Å². The number of benzene rings is 2. The summed E-state index contributed by atoms with van der Waals surface area (Å²) in [7, 11) is 0. The molecule has 0 aliphatic heterocycles. The molecule has 0 saturated carbocycles. The molecule has 0 aliphatic rings. The van der Waals surface area contributed by atoms with E-state index in [1.54, 1.807) is 0 Å². The first kappa shape index (κ1) is 14.3. The number of hydrogen-bond donors (Lipinski definition) is 0. The van der Waals surface area contributed by atoms with Gasteiger partial charge in [0.25, 0.3) is 0 Å². The van der Waals surface area contributed by atoms with Gasteiger partial charge in [0.15, 0.2) is 5.78 Å². The van der Waals surface area contributed by atoms with Crippen LogP contribution in [0.4, 0.5) is 0 Å². The van der Waals surface area contributed by atoms with Gasteiger partial charge in [-0.05, 0) is 43.2 Å². The Morgan fingerprint density at radius 3 is 2.50 bits per heavy atom. The van der Waals surface area contributed by atoms with Crippen LogP contribution < -0.4 is 4.74 Å². The Bertz CT molecular complexity index is 570. The van der Waals surface area contributed by atoms with E-state index in [0.717, 1.165) is 23.3 Å². The number of ether oxygens (including phenoxy) is 1. The van der Waals surface area contributed by atoms with Gasteiger partial charge in [-0.1, -0.05) is 36.8 Å². The van der Waals surface area contributed by atoms with Crippen molar-refractivity contribution >= 4 is 5.78 Å². The van der Waals surface area contributed by atoms with Crippen LogP contribution in [0.5, 0.6) is 5.75 Å². The lowest BCUT2D eigenvalue weighted by atomic mass is 10.1. The van der Waals surface area contributed by atoms with Crippen molar-refractivity contribution < 1.29 is 9.53 Å². The summed E-state index contributed by atoms with van der Waals surface area (Å²) in [6.07, 6.45) is 1.48. The number of Topliss-reactive ketones (excluding diaryl/α,β-unsaturated/α-hetero) is 1. The zero-order valence-electron chi connectivity index (χ0n) is 12.1. The lowest BCUT2D eigenvalue weighted by Gasteiger charge is -2.07. The van der Waals surface area contributed by atoms with Crippen molar-refractivity contribution in [3.8, 4) is 5.75 Å². The van der Waals surface area contributed by atoms with Gasteiger partial charge in [0.05, 0.1) is 0 Å². The second-order valence-electron chi connectivity index (χ2n) is 4.98. The quantitative estimate of drug-likeness (QED) is 0.718. The molecule has 20 heavy (non-hydrogen) atoms. The first-order chi connectivity index (χ1) is 9.69. The minimum absolute atomic E-state index is 0.192. The summed E-state index contributed by atoms with van der Waals surface area (Å²) < 4.78 is 5.73. The summed E-state index contributed by atoms with van der Waals surface area (Å²) in [6.45, 7) is 4.62. The Hall–Kier alpha value is -2.09. The van der Waals surface area contributed by atoms with Crippen LogP contribution in [-0.2, 0) is 6.61 Å². The smallest absolute Gasteiger partial charge is 0.162 e. The van der Waals surface area contributed by atoms with Gasteiger partial charge in [-0.2, -0.15) is 0 Å². The molecule has 0 unspecified atom stereocenters. The Morgan fingerprint density at radius 2 is 1.85 bits per heavy atom. The average molecular weight is 268 g/mol. The van der Waals surface area contributed by atoms with Crippen molar-refractivity contribution in [3.05, 3.63) is 65.2 Å². The molecule has 2 heteroatoms. The number of aryl methyl sites for hydroxylation is 1. The summed E-state index contributed by atoms with van der Waals surface area (Å²) in [6, 6.07) is 15.6. The highest BCUT2D eigenvalue weighted by molar-refractivity contribution is 5.96. The third-order valence-corrected chi connectivity index (χ3v) is 3.14. The van der Waals surface area contributed by atoms with Crippen molar-refractivity contribution in [1.29, 1.82) is 0 Å². The van der Waals surface area contributed by atoms with E-state index in [2.05, 4.69) is 19.1 Å². The number of hydrogen-bond acceptors (Lipinski definition) is 2. The molecule has 2 rings (SSSR count). The zero-order valence-corrected chi connectivity index (χ0v) is 12.1. The highest BCUT2D eigenvalue weighted by Crippen LogP contribution is 2.16. The molecule has 0 aromatic heterocycles. The van der Waals surface area contributed by atoms with E-state index in [9.17, 15) is 4.79 Å². The molecule has 0 N–H and O–H groups in total. The molecule has 2 aromatic carbocycles. The molecule has 2 nitrogen and oxygen atoms in total. The standard InChI is InChI=1S/C18H20O2/c1-3-5-18(19)16-8-10-17(11-9-16)20-13-15-7-4-6-14(2)12-15/h4,6-12H,3,5,13H2,1-2H3. The third-order valence-electron chi connectivity index (χ3n) is 3.14.